The van der Waals surface area contributed by atoms with Crippen molar-refractivity contribution in [1.82, 2.24) is 20.4 Å². The van der Waals surface area contributed by atoms with E-state index in [4.69, 9.17) is 4.74 Å². The van der Waals surface area contributed by atoms with E-state index in [0.29, 0.717) is 71.6 Å². The Hall–Kier alpha value is -5.06. The van der Waals surface area contributed by atoms with Gasteiger partial charge in [0.1, 0.15) is 16.8 Å². The summed E-state index contributed by atoms with van der Waals surface area (Å²) < 4.78 is 5.33. The summed E-state index contributed by atoms with van der Waals surface area (Å²) in [6, 6.07) is 27.4. The van der Waals surface area contributed by atoms with Gasteiger partial charge in [0.25, 0.3) is 0 Å². The molecule has 0 radical (unpaired) electrons. The smallest absolute Gasteiger partial charge is 0.247 e. The standard InChI is InChI=1S/C38H44N6O5/c1-49-32-14-12-28(13-15-32)24-29(34(46)42-22-18-38(19-23-42)36(48)40-27-44(38)31-10-6-3-7-11-31)25-33(45)41-20-16-37(17-21-41)35(47)39-26-43(37)30-8-4-2-5-9-30/h2-15,29H,16-27H2,1H3,(H,39,47)(H,40,48). The Morgan fingerprint density at radius 1 is 0.694 bits per heavy atom. The Morgan fingerprint density at radius 3 is 1.63 bits per heavy atom. The molecule has 4 heterocycles. The summed E-state index contributed by atoms with van der Waals surface area (Å²) in [5.74, 6) is 0.0141. The molecule has 3 aromatic rings. The first-order valence-electron chi connectivity index (χ1n) is 17.2. The Kier molecular flexibility index (Phi) is 8.92. The van der Waals surface area contributed by atoms with Gasteiger partial charge in [-0.15, -0.1) is 0 Å². The third-order valence-corrected chi connectivity index (χ3v) is 11.1. The number of hydrogen-bond acceptors (Lipinski definition) is 7. The van der Waals surface area contributed by atoms with Gasteiger partial charge in [-0.1, -0.05) is 48.5 Å². The second-order valence-corrected chi connectivity index (χ2v) is 13.6. The van der Waals surface area contributed by atoms with Gasteiger partial charge in [0.2, 0.25) is 23.6 Å². The van der Waals surface area contributed by atoms with Gasteiger partial charge in [-0.25, -0.2) is 0 Å². The maximum atomic E-state index is 14.3. The van der Waals surface area contributed by atoms with Crippen molar-refractivity contribution < 1.29 is 23.9 Å². The van der Waals surface area contributed by atoms with Crippen LogP contribution in [-0.2, 0) is 25.6 Å². The van der Waals surface area contributed by atoms with Crippen LogP contribution in [-0.4, -0.2) is 91.1 Å². The molecule has 11 nitrogen and oxygen atoms in total. The van der Waals surface area contributed by atoms with Gasteiger partial charge in [-0.3, -0.25) is 19.2 Å². The minimum Gasteiger partial charge on any atom is -0.497 e. The number of piperidine rings is 2. The first kappa shape index (κ1) is 32.5. The molecule has 0 aromatic heterocycles. The van der Waals surface area contributed by atoms with Crippen molar-refractivity contribution in [1.29, 1.82) is 0 Å². The number of benzene rings is 3. The van der Waals surface area contributed by atoms with Crippen molar-refractivity contribution in [2.75, 3.05) is 56.4 Å². The number of hydrogen-bond donors (Lipinski definition) is 2. The summed E-state index contributed by atoms with van der Waals surface area (Å²) in [4.78, 5) is 62.5. The zero-order valence-electron chi connectivity index (χ0n) is 28.0. The van der Waals surface area contributed by atoms with Crippen LogP contribution in [0.2, 0.25) is 0 Å². The maximum Gasteiger partial charge on any atom is 0.247 e. The Labute approximate surface area is 287 Å². The van der Waals surface area contributed by atoms with Crippen LogP contribution in [0, 0.1) is 5.92 Å². The third-order valence-electron chi connectivity index (χ3n) is 11.1. The fourth-order valence-electron chi connectivity index (χ4n) is 8.18. The number of likely N-dealkylation sites (tertiary alicyclic amines) is 2. The van der Waals surface area contributed by atoms with Crippen LogP contribution in [0.25, 0.3) is 0 Å². The first-order chi connectivity index (χ1) is 23.8. The second-order valence-electron chi connectivity index (χ2n) is 13.6. The molecule has 4 amide bonds. The molecule has 1 atom stereocenters. The lowest BCUT2D eigenvalue weighted by Gasteiger charge is -2.44. The van der Waals surface area contributed by atoms with E-state index in [0.717, 1.165) is 22.7 Å². The van der Waals surface area contributed by atoms with Crippen molar-refractivity contribution in [3.63, 3.8) is 0 Å². The number of methoxy groups -OCH3 is 1. The molecule has 0 saturated carbocycles. The predicted octanol–water partition coefficient (Wildman–Crippen LogP) is 3.15. The molecular weight excluding hydrogens is 620 g/mol. The van der Waals surface area contributed by atoms with Gasteiger partial charge in [-0.05, 0) is 74.1 Å². The number of carbonyl (C=O) groups is 4. The molecule has 3 aromatic carbocycles. The summed E-state index contributed by atoms with van der Waals surface area (Å²) in [6.07, 6.45) is 2.54. The summed E-state index contributed by atoms with van der Waals surface area (Å²) in [5, 5.41) is 6.05. The zero-order chi connectivity index (χ0) is 34.0. The normalized spacial score (nSPS) is 20.3. The Balaban J connectivity index is 1.05. The number of amides is 4. The third kappa shape index (κ3) is 6.06. The number of nitrogens with zero attached hydrogens (tertiary/aromatic N) is 4. The molecule has 2 N–H and O–H groups in total. The molecule has 4 fully saturated rings. The minimum absolute atomic E-state index is 0.000608. The lowest BCUT2D eigenvalue weighted by molar-refractivity contribution is -0.144. The summed E-state index contributed by atoms with van der Waals surface area (Å²) in [6.45, 7) is 2.62. The number of para-hydroxylation sites is 2. The highest BCUT2D eigenvalue weighted by molar-refractivity contribution is 5.95. The number of carbonyl (C=O) groups excluding carboxylic acids is 4. The van der Waals surface area contributed by atoms with Gasteiger partial charge in [0.15, 0.2) is 0 Å². The van der Waals surface area contributed by atoms with Crippen molar-refractivity contribution in [3.05, 3.63) is 90.5 Å². The van der Waals surface area contributed by atoms with E-state index in [2.05, 4.69) is 20.4 Å². The molecule has 49 heavy (non-hydrogen) atoms. The van der Waals surface area contributed by atoms with E-state index in [-0.39, 0.29) is 30.0 Å². The van der Waals surface area contributed by atoms with Gasteiger partial charge in [0, 0.05) is 44.0 Å². The number of anilines is 2. The average molecular weight is 665 g/mol. The van der Waals surface area contributed by atoms with Crippen LogP contribution >= 0.6 is 0 Å². The van der Waals surface area contributed by atoms with Crippen LogP contribution in [0.5, 0.6) is 5.75 Å². The summed E-state index contributed by atoms with van der Waals surface area (Å²) in [7, 11) is 1.61. The van der Waals surface area contributed by atoms with Gasteiger partial charge in [0.05, 0.1) is 26.4 Å². The Morgan fingerprint density at radius 2 is 1.16 bits per heavy atom. The number of nitrogens with one attached hydrogen (secondary N) is 2. The molecule has 4 saturated heterocycles. The molecule has 7 rings (SSSR count). The van der Waals surface area contributed by atoms with Crippen molar-refractivity contribution in [2.24, 2.45) is 5.92 Å². The molecule has 0 aliphatic carbocycles. The molecular formula is C38H44N6O5. The monoisotopic (exact) mass is 664 g/mol. The van der Waals surface area contributed by atoms with E-state index < -0.39 is 17.0 Å². The topological polar surface area (TPSA) is 115 Å². The van der Waals surface area contributed by atoms with E-state index in [9.17, 15) is 19.2 Å². The van der Waals surface area contributed by atoms with Gasteiger partial charge >= 0.3 is 0 Å². The quantitative estimate of drug-likeness (QED) is 0.381. The van der Waals surface area contributed by atoms with Crippen LogP contribution in [0.3, 0.4) is 0 Å². The lowest BCUT2D eigenvalue weighted by Crippen LogP contribution is -2.58. The fraction of sp³-hybridized carbons (Fsp3) is 0.421. The molecule has 1 unspecified atom stereocenters. The van der Waals surface area contributed by atoms with Crippen LogP contribution in [0.15, 0.2) is 84.9 Å². The first-order valence-corrected chi connectivity index (χ1v) is 17.2. The summed E-state index contributed by atoms with van der Waals surface area (Å²) >= 11 is 0. The van der Waals surface area contributed by atoms with E-state index in [1.165, 1.54) is 0 Å². The zero-order valence-corrected chi connectivity index (χ0v) is 28.0. The lowest BCUT2D eigenvalue weighted by atomic mass is 9.84. The van der Waals surface area contributed by atoms with Crippen LogP contribution in [0.1, 0.15) is 37.7 Å². The van der Waals surface area contributed by atoms with Crippen LogP contribution < -0.4 is 25.2 Å². The Bertz CT molecular complexity index is 1670. The largest absolute Gasteiger partial charge is 0.497 e. The average Bonchev–Trinajstić information content (AvgIpc) is 3.63. The molecule has 4 aliphatic rings. The maximum absolute atomic E-state index is 14.3. The molecule has 256 valence electrons. The second kappa shape index (κ2) is 13.4. The minimum atomic E-state index is -0.705. The highest BCUT2D eigenvalue weighted by Gasteiger charge is 2.52. The molecule has 11 heteroatoms. The summed E-state index contributed by atoms with van der Waals surface area (Å²) in [5.41, 5.74) is 1.51. The van der Waals surface area contributed by atoms with Crippen molar-refractivity contribution in [3.8, 4) is 5.75 Å². The van der Waals surface area contributed by atoms with Gasteiger partial charge in [-0.2, -0.15) is 0 Å². The predicted molar refractivity (Wildman–Crippen MR) is 186 cm³/mol. The van der Waals surface area contributed by atoms with Crippen molar-refractivity contribution >= 4 is 35.0 Å². The number of rotatable bonds is 8. The SMILES string of the molecule is COc1ccc(CC(CC(=O)N2CCC3(CC2)C(=O)NCN3c2ccccc2)C(=O)N2CCC3(CC2)C(=O)NCN3c2ccccc2)cc1. The molecule has 4 aliphatic heterocycles. The molecule has 2 spiro atoms. The fourth-order valence-corrected chi connectivity index (χ4v) is 8.18. The molecule has 0 bridgehead atoms. The van der Waals surface area contributed by atoms with E-state index in [1.807, 2.05) is 94.7 Å². The van der Waals surface area contributed by atoms with E-state index >= 15 is 0 Å². The number of ether oxygens (including phenoxy) is 1. The van der Waals surface area contributed by atoms with Crippen LogP contribution in [0.4, 0.5) is 11.4 Å². The van der Waals surface area contributed by atoms with Gasteiger partial charge < -0.3 is 35.0 Å². The highest BCUT2D eigenvalue weighted by atomic mass is 16.5. The van der Waals surface area contributed by atoms with Crippen molar-refractivity contribution in [2.45, 2.75) is 49.6 Å². The highest BCUT2D eigenvalue weighted by Crippen LogP contribution is 2.38. The van der Waals surface area contributed by atoms with E-state index in [1.54, 1.807) is 7.11 Å².